The van der Waals surface area contributed by atoms with Gasteiger partial charge in [0.1, 0.15) is 11.0 Å². The average Bonchev–Trinajstić information content (AvgIpc) is 3.19. The molecule has 0 spiro atoms. The highest BCUT2D eigenvalue weighted by Crippen LogP contribution is 2.35. The lowest BCUT2D eigenvalue weighted by molar-refractivity contribution is -0.121. The van der Waals surface area contributed by atoms with Gasteiger partial charge in [0.25, 0.3) is 0 Å². The number of carbonyl (C=O) groups is 2. The van der Waals surface area contributed by atoms with Crippen LogP contribution in [-0.4, -0.2) is 47.8 Å². The lowest BCUT2D eigenvalue weighted by atomic mass is 10.2. The maximum absolute atomic E-state index is 13.3. The van der Waals surface area contributed by atoms with Crippen molar-refractivity contribution in [2.45, 2.75) is 18.6 Å². The molecule has 1 heterocycles. The highest BCUT2D eigenvalue weighted by atomic mass is 32.2. The van der Waals surface area contributed by atoms with E-state index >= 15 is 0 Å². The molecule has 10 heteroatoms. The number of benzene rings is 3. The number of carbonyl (C=O) groups excluding carboxylic acids is 2. The Morgan fingerprint density at radius 2 is 1.84 bits per heavy atom. The van der Waals surface area contributed by atoms with Crippen LogP contribution in [0.3, 0.4) is 0 Å². The normalized spacial score (nSPS) is 16.4. The molecule has 0 aliphatic carbocycles. The van der Waals surface area contributed by atoms with Crippen molar-refractivity contribution in [2.75, 3.05) is 24.4 Å². The quantitative estimate of drug-likeness (QED) is 0.333. The molecule has 2 amide bonds. The van der Waals surface area contributed by atoms with Crippen molar-refractivity contribution in [2.24, 2.45) is 10.2 Å². The summed E-state index contributed by atoms with van der Waals surface area (Å²) in [7, 11) is 3.10. The van der Waals surface area contributed by atoms with Gasteiger partial charge < -0.3 is 19.9 Å². The van der Waals surface area contributed by atoms with Crippen molar-refractivity contribution in [3.63, 3.8) is 0 Å². The fraction of sp³-hybridized carbons (Fsp3) is 0.185. The molecular weight excluding hydrogens is 492 g/mol. The van der Waals surface area contributed by atoms with E-state index < -0.39 is 5.25 Å². The highest BCUT2D eigenvalue weighted by Gasteiger charge is 2.40. The van der Waals surface area contributed by atoms with Gasteiger partial charge in [-0.1, -0.05) is 35.5 Å². The van der Waals surface area contributed by atoms with Crippen LogP contribution in [0.1, 0.15) is 17.5 Å². The topological polar surface area (TPSA) is 113 Å². The van der Waals surface area contributed by atoms with Crippen molar-refractivity contribution in [3.05, 3.63) is 77.9 Å². The van der Waals surface area contributed by atoms with Crippen molar-refractivity contribution in [3.8, 4) is 17.2 Å². The van der Waals surface area contributed by atoms with Crippen LogP contribution in [0.4, 0.5) is 11.4 Å². The predicted octanol–water partition coefficient (Wildman–Crippen LogP) is 4.59. The van der Waals surface area contributed by atoms with E-state index in [0.29, 0.717) is 33.6 Å². The molecular formula is C27H26N4O5S. The number of amidine groups is 1. The van der Waals surface area contributed by atoms with Crippen LogP contribution in [0, 0.1) is 6.92 Å². The van der Waals surface area contributed by atoms with Crippen LogP contribution in [0.2, 0.25) is 0 Å². The molecule has 9 nitrogen and oxygen atoms in total. The van der Waals surface area contributed by atoms with Gasteiger partial charge in [0, 0.05) is 18.2 Å². The molecule has 3 aromatic rings. The Morgan fingerprint density at radius 3 is 2.54 bits per heavy atom. The summed E-state index contributed by atoms with van der Waals surface area (Å²) in [5, 5.41) is 20.8. The number of rotatable bonds is 8. The summed E-state index contributed by atoms with van der Waals surface area (Å²) in [5.74, 6) is 0.523. The number of methoxy groups -OCH3 is 2. The van der Waals surface area contributed by atoms with Crippen LogP contribution in [0.25, 0.3) is 0 Å². The smallest absolute Gasteiger partial charge is 0.247 e. The van der Waals surface area contributed by atoms with Gasteiger partial charge in [0.15, 0.2) is 16.7 Å². The molecule has 37 heavy (non-hydrogen) atoms. The third-order valence-electron chi connectivity index (χ3n) is 5.49. The number of anilines is 2. The summed E-state index contributed by atoms with van der Waals surface area (Å²) >= 11 is 1.14. The molecule has 0 aromatic heterocycles. The zero-order valence-electron chi connectivity index (χ0n) is 20.5. The van der Waals surface area contributed by atoms with Gasteiger partial charge in [-0.05, 0) is 55.0 Å². The van der Waals surface area contributed by atoms with Gasteiger partial charge in [0.2, 0.25) is 11.8 Å². The molecule has 0 bridgehead atoms. The first-order valence-electron chi connectivity index (χ1n) is 11.4. The summed E-state index contributed by atoms with van der Waals surface area (Å²) in [4.78, 5) is 27.4. The largest absolute Gasteiger partial charge is 0.508 e. The number of aromatic hydroxyl groups is 1. The molecule has 1 fully saturated rings. The lowest BCUT2D eigenvalue weighted by Gasteiger charge is -2.16. The summed E-state index contributed by atoms with van der Waals surface area (Å²) in [6.07, 6.45) is 1.48. The number of nitrogens with zero attached hydrogens (tertiary/aromatic N) is 3. The second kappa shape index (κ2) is 11.6. The molecule has 1 unspecified atom stereocenters. The Bertz CT molecular complexity index is 1360. The van der Waals surface area contributed by atoms with Crippen LogP contribution in [-0.2, 0) is 9.59 Å². The van der Waals surface area contributed by atoms with E-state index in [0.717, 1.165) is 17.3 Å². The third-order valence-corrected chi connectivity index (χ3v) is 6.61. The van der Waals surface area contributed by atoms with Crippen molar-refractivity contribution >= 4 is 46.3 Å². The molecule has 3 aromatic carbocycles. The van der Waals surface area contributed by atoms with E-state index in [2.05, 4.69) is 15.5 Å². The first-order valence-corrected chi connectivity index (χ1v) is 12.2. The number of hydrogen-bond donors (Lipinski definition) is 2. The number of phenolic OH excluding ortho intramolecular Hbond substituents is 1. The second-order valence-corrected chi connectivity index (χ2v) is 9.33. The molecule has 1 aliphatic heterocycles. The van der Waals surface area contributed by atoms with E-state index in [1.165, 1.54) is 23.2 Å². The van der Waals surface area contributed by atoms with Crippen LogP contribution < -0.4 is 19.7 Å². The molecule has 1 aliphatic rings. The lowest BCUT2D eigenvalue weighted by Crippen LogP contribution is -2.33. The molecule has 1 saturated heterocycles. The minimum Gasteiger partial charge on any atom is -0.508 e. The number of aryl methyl sites for hydroxylation is 1. The van der Waals surface area contributed by atoms with Crippen molar-refractivity contribution in [1.29, 1.82) is 0 Å². The van der Waals surface area contributed by atoms with Gasteiger partial charge in [-0.25, -0.2) is 0 Å². The van der Waals surface area contributed by atoms with E-state index in [4.69, 9.17) is 9.47 Å². The first kappa shape index (κ1) is 25.8. The summed E-state index contributed by atoms with van der Waals surface area (Å²) in [6.45, 7) is 1.96. The van der Waals surface area contributed by atoms with Crippen LogP contribution >= 0.6 is 11.8 Å². The third kappa shape index (κ3) is 6.28. The number of ether oxygens (including phenoxy) is 2. The van der Waals surface area contributed by atoms with E-state index in [-0.39, 0.29) is 24.0 Å². The van der Waals surface area contributed by atoms with Gasteiger partial charge in [0.05, 0.1) is 26.1 Å². The average molecular weight is 519 g/mol. The summed E-state index contributed by atoms with van der Waals surface area (Å²) < 4.78 is 10.6. The first-order chi connectivity index (χ1) is 17.9. The Kier molecular flexibility index (Phi) is 8.09. The van der Waals surface area contributed by atoms with Gasteiger partial charge >= 0.3 is 0 Å². The Labute approximate surface area is 218 Å². The van der Waals surface area contributed by atoms with Crippen LogP contribution in [0.5, 0.6) is 17.2 Å². The second-order valence-electron chi connectivity index (χ2n) is 8.16. The minimum absolute atomic E-state index is 0.00374. The fourth-order valence-electron chi connectivity index (χ4n) is 3.63. The van der Waals surface area contributed by atoms with Crippen LogP contribution in [0.15, 0.2) is 76.9 Å². The monoisotopic (exact) mass is 518 g/mol. The van der Waals surface area contributed by atoms with Gasteiger partial charge in [-0.15, -0.1) is 5.10 Å². The number of thioether (sulfide) groups is 1. The SMILES string of the molecule is COc1ccc(C=NN=C2SC(CC(=O)Nc3ccc(C)cc3)C(=O)N2c2cccc(O)c2)cc1OC. The Hall–Kier alpha value is -4.31. The molecule has 0 radical (unpaired) electrons. The van der Waals surface area contributed by atoms with Crippen molar-refractivity contribution in [1.82, 2.24) is 0 Å². The zero-order valence-corrected chi connectivity index (χ0v) is 21.4. The van der Waals surface area contributed by atoms with E-state index in [9.17, 15) is 14.7 Å². The van der Waals surface area contributed by atoms with E-state index in [1.54, 1.807) is 44.6 Å². The minimum atomic E-state index is -0.706. The van der Waals surface area contributed by atoms with E-state index in [1.807, 2.05) is 31.2 Å². The number of nitrogens with one attached hydrogen (secondary N) is 1. The van der Waals surface area contributed by atoms with Crippen molar-refractivity contribution < 1.29 is 24.2 Å². The molecule has 0 saturated carbocycles. The zero-order chi connectivity index (χ0) is 26.4. The molecule has 2 N–H and O–H groups in total. The summed E-state index contributed by atoms with van der Waals surface area (Å²) in [6, 6.07) is 19.0. The van der Waals surface area contributed by atoms with Gasteiger partial charge in [-0.3, -0.25) is 14.5 Å². The Balaban J connectivity index is 1.56. The van der Waals surface area contributed by atoms with Gasteiger partial charge in [-0.2, -0.15) is 5.10 Å². The number of hydrogen-bond acceptors (Lipinski definition) is 8. The molecule has 4 rings (SSSR count). The maximum atomic E-state index is 13.3. The standard InChI is InChI=1S/C27H26N4O5S/c1-17-7-10-19(11-8-17)29-25(33)15-24-26(34)31(20-5-4-6-21(32)14-20)27(37-24)30-28-16-18-9-12-22(35-2)23(13-18)36-3/h4-14,16,24,32H,15H2,1-3H3,(H,29,33). The summed E-state index contributed by atoms with van der Waals surface area (Å²) in [5.41, 5.74) is 2.88. The predicted molar refractivity (Wildman–Crippen MR) is 146 cm³/mol. The fourth-order valence-corrected chi connectivity index (χ4v) is 4.72. The highest BCUT2D eigenvalue weighted by molar-refractivity contribution is 8.16. The molecule has 1 atom stereocenters. The Morgan fingerprint density at radius 1 is 1.08 bits per heavy atom. The number of amides is 2. The number of phenols is 1. The molecule has 190 valence electrons. The maximum Gasteiger partial charge on any atom is 0.247 e.